The number of fused-ring (bicyclic) bond motifs is 1. The summed E-state index contributed by atoms with van der Waals surface area (Å²) in [5.74, 6) is 0.801. The lowest BCUT2D eigenvalue weighted by Gasteiger charge is -2.31. The van der Waals surface area contributed by atoms with Crippen LogP contribution in [0.5, 0.6) is 0 Å². The van der Waals surface area contributed by atoms with Gasteiger partial charge in [0.1, 0.15) is 5.01 Å². The van der Waals surface area contributed by atoms with E-state index in [9.17, 15) is 9.90 Å². The van der Waals surface area contributed by atoms with Crippen LogP contribution in [0.25, 0.3) is 21.9 Å². The molecule has 1 fully saturated rings. The Morgan fingerprint density at radius 3 is 2.39 bits per heavy atom. The van der Waals surface area contributed by atoms with Crippen molar-refractivity contribution < 1.29 is 9.90 Å². The molecule has 4 heterocycles. The normalized spacial score (nSPS) is 15.4. The van der Waals surface area contributed by atoms with Gasteiger partial charge < -0.3 is 14.6 Å². The van der Waals surface area contributed by atoms with E-state index < -0.39 is 6.09 Å². The molecule has 7 nitrogen and oxygen atoms in total. The lowest BCUT2D eigenvalue weighted by atomic mass is 9.91. The van der Waals surface area contributed by atoms with Gasteiger partial charge in [-0.2, -0.15) is 0 Å². The molecular formula is C26H22ClN5O2S2. The molecule has 1 aliphatic rings. The zero-order chi connectivity index (χ0) is 24.6. The number of piperidine rings is 1. The summed E-state index contributed by atoms with van der Waals surface area (Å²) in [6.07, 6.45) is 4.23. The molecule has 1 N–H and O–H groups in total. The molecule has 3 aromatic heterocycles. The Bertz CT molecular complexity index is 1490. The van der Waals surface area contributed by atoms with Crippen molar-refractivity contribution in [2.75, 3.05) is 13.1 Å². The summed E-state index contributed by atoms with van der Waals surface area (Å²) in [6, 6.07) is 14.5. The molecule has 10 heteroatoms. The highest BCUT2D eigenvalue weighted by atomic mass is 35.5. The topological polar surface area (TPSA) is 84.1 Å². The SMILES string of the molecule is O=C(O)N1CCC(n2c(-c3nccs3)nc3ccc(C(c4ccc(Cl)cc4)c4nccs4)cc32)CC1. The van der Waals surface area contributed by atoms with Crippen molar-refractivity contribution in [3.05, 3.63) is 86.8 Å². The van der Waals surface area contributed by atoms with Crippen LogP contribution < -0.4 is 0 Å². The average Bonchev–Trinajstić information content (AvgIpc) is 3.66. The van der Waals surface area contributed by atoms with E-state index in [1.54, 1.807) is 28.9 Å². The fourth-order valence-corrected chi connectivity index (χ4v) is 6.51. The average molecular weight is 536 g/mol. The van der Waals surface area contributed by atoms with Gasteiger partial charge in [-0.1, -0.05) is 29.8 Å². The summed E-state index contributed by atoms with van der Waals surface area (Å²) in [5.41, 5.74) is 4.17. The molecule has 1 unspecified atom stereocenters. The van der Waals surface area contributed by atoms with Crippen molar-refractivity contribution in [1.29, 1.82) is 0 Å². The Balaban J connectivity index is 1.49. The fourth-order valence-electron chi connectivity index (χ4n) is 4.97. The van der Waals surface area contributed by atoms with Crippen LogP contribution >= 0.6 is 34.3 Å². The third kappa shape index (κ3) is 4.27. The third-order valence-electron chi connectivity index (χ3n) is 6.67. The maximum absolute atomic E-state index is 11.5. The van der Waals surface area contributed by atoms with E-state index in [-0.39, 0.29) is 12.0 Å². The van der Waals surface area contributed by atoms with Crippen LogP contribution in [0.4, 0.5) is 4.79 Å². The lowest BCUT2D eigenvalue weighted by molar-refractivity contribution is 0.126. The van der Waals surface area contributed by atoms with Gasteiger partial charge in [-0.25, -0.2) is 19.7 Å². The Kier molecular flexibility index (Phi) is 6.20. The zero-order valence-electron chi connectivity index (χ0n) is 19.1. The first-order chi connectivity index (χ1) is 17.6. The Hall–Kier alpha value is -3.27. The zero-order valence-corrected chi connectivity index (χ0v) is 21.5. The van der Waals surface area contributed by atoms with Gasteiger partial charge in [-0.15, -0.1) is 22.7 Å². The number of aromatic nitrogens is 4. The van der Waals surface area contributed by atoms with Crippen molar-refractivity contribution in [2.24, 2.45) is 0 Å². The fraction of sp³-hybridized carbons (Fsp3) is 0.231. The van der Waals surface area contributed by atoms with E-state index in [2.05, 4.69) is 44.9 Å². The summed E-state index contributed by atoms with van der Waals surface area (Å²) in [4.78, 5) is 27.2. The molecule has 0 spiro atoms. The molecule has 0 aliphatic carbocycles. The maximum atomic E-state index is 11.5. The minimum atomic E-state index is -0.861. The van der Waals surface area contributed by atoms with Crippen LogP contribution in [-0.2, 0) is 0 Å². The smallest absolute Gasteiger partial charge is 0.407 e. The van der Waals surface area contributed by atoms with Crippen LogP contribution in [0.2, 0.25) is 5.02 Å². The number of nitrogens with zero attached hydrogens (tertiary/aromatic N) is 5. The highest BCUT2D eigenvalue weighted by Gasteiger charge is 2.29. The molecule has 0 radical (unpaired) electrons. The van der Waals surface area contributed by atoms with Crippen LogP contribution in [-0.4, -0.2) is 48.7 Å². The monoisotopic (exact) mass is 535 g/mol. The molecule has 6 rings (SSSR count). The molecular weight excluding hydrogens is 514 g/mol. The van der Waals surface area contributed by atoms with E-state index in [0.29, 0.717) is 18.1 Å². The summed E-state index contributed by atoms with van der Waals surface area (Å²) >= 11 is 9.38. The predicted molar refractivity (Wildman–Crippen MR) is 143 cm³/mol. The summed E-state index contributed by atoms with van der Waals surface area (Å²) in [7, 11) is 0. The van der Waals surface area contributed by atoms with E-state index in [1.807, 2.05) is 29.1 Å². The standard InChI is InChI=1S/C26H22ClN5O2S2/c27-18-4-1-16(2-5-18)22(24-28-9-13-35-24)17-3-6-20-21(15-17)32(23(30-20)25-29-10-14-36-25)19-7-11-31(12-8-19)26(33)34/h1-6,9-10,13-15,19,22H,7-8,11-12H2,(H,33,34). The van der Waals surface area contributed by atoms with Crippen molar-refractivity contribution in [3.8, 4) is 10.8 Å². The molecule has 2 aromatic carbocycles. The molecule has 1 saturated heterocycles. The van der Waals surface area contributed by atoms with Crippen LogP contribution in [0.3, 0.4) is 0 Å². The van der Waals surface area contributed by atoms with E-state index >= 15 is 0 Å². The van der Waals surface area contributed by atoms with Crippen LogP contribution in [0.1, 0.15) is 40.9 Å². The van der Waals surface area contributed by atoms with Gasteiger partial charge in [0.15, 0.2) is 10.8 Å². The third-order valence-corrected chi connectivity index (χ3v) is 8.53. The van der Waals surface area contributed by atoms with Gasteiger partial charge >= 0.3 is 6.09 Å². The Morgan fingerprint density at radius 1 is 1.00 bits per heavy atom. The van der Waals surface area contributed by atoms with Crippen molar-refractivity contribution >= 4 is 51.4 Å². The van der Waals surface area contributed by atoms with Crippen molar-refractivity contribution in [1.82, 2.24) is 24.4 Å². The molecule has 0 saturated carbocycles. The number of halogens is 1. The lowest BCUT2D eigenvalue weighted by Crippen LogP contribution is -2.38. The highest BCUT2D eigenvalue weighted by molar-refractivity contribution is 7.13. The molecule has 182 valence electrons. The second kappa shape index (κ2) is 9.65. The number of rotatable bonds is 5. The summed E-state index contributed by atoms with van der Waals surface area (Å²) in [6.45, 7) is 1.01. The second-order valence-corrected chi connectivity index (χ2v) is 11.0. The van der Waals surface area contributed by atoms with Gasteiger partial charge in [0, 0.05) is 47.3 Å². The number of likely N-dealkylation sites (tertiary alicyclic amines) is 1. The van der Waals surface area contributed by atoms with E-state index in [1.165, 1.54) is 4.90 Å². The molecule has 1 amide bonds. The number of carboxylic acid groups (broad SMARTS) is 1. The maximum Gasteiger partial charge on any atom is 0.407 e. The second-order valence-electron chi connectivity index (χ2n) is 8.75. The summed E-state index contributed by atoms with van der Waals surface area (Å²) < 4.78 is 2.28. The molecule has 5 aromatic rings. The summed E-state index contributed by atoms with van der Waals surface area (Å²) in [5, 5.41) is 16.0. The van der Waals surface area contributed by atoms with Crippen LogP contribution in [0.15, 0.2) is 65.6 Å². The van der Waals surface area contributed by atoms with Gasteiger partial charge in [-0.3, -0.25) is 0 Å². The number of hydrogen-bond acceptors (Lipinski definition) is 6. The molecule has 1 atom stereocenters. The molecule has 1 aliphatic heterocycles. The quantitative estimate of drug-likeness (QED) is 0.268. The number of carbonyl (C=O) groups is 1. The number of benzene rings is 2. The number of imidazole rings is 1. The minimum absolute atomic E-state index is 0.0350. The Labute approximate surface area is 220 Å². The van der Waals surface area contributed by atoms with Crippen molar-refractivity contribution in [3.63, 3.8) is 0 Å². The molecule has 36 heavy (non-hydrogen) atoms. The number of hydrogen-bond donors (Lipinski definition) is 1. The van der Waals surface area contributed by atoms with Gasteiger partial charge in [0.2, 0.25) is 0 Å². The van der Waals surface area contributed by atoms with E-state index in [4.69, 9.17) is 16.6 Å². The van der Waals surface area contributed by atoms with Gasteiger partial charge in [-0.05, 0) is 48.2 Å². The number of thiazole rings is 2. The minimum Gasteiger partial charge on any atom is -0.465 e. The molecule has 0 bridgehead atoms. The first-order valence-electron chi connectivity index (χ1n) is 11.6. The first-order valence-corrected chi connectivity index (χ1v) is 13.8. The van der Waals surface area contributed by atoms with Gasteiger partial charge in [0.25, 0.3) is 0 Å². The Morgan fingerprint density at radius 2 is 1.72 bits per heavy atom. The highest BCUT2D eigenvalue weighted by Crippen LogP contribution is 2.38. The number of amides is 1. The van der Waals surface area contributed by atoms with Crippen LogP contribution in [0, 0.1) is 0 Å². The van der Waals surface area contributed by atoms with E-state index in [0.717, 1.165) is 50.8 Å². The van der Waals surface area contributed by atoms with Gasteiger partial charge in [0.05, 0.1) is 17.0 Å². The first kappa shape index (κ1) is 23.1. The largest absolute Gasteiger partial charge is 0.465 e. The van der Waals surface area contributed by atoms with Crippen molar-refractivity contribution in [2.45, 2.75) is 24.8 Å². The predicted octanol–water partition coefficient (Wildman–Crippen LogP) is 6.76.